The van der Waals surface area contributed by atoms with Crippen LogP contribution in [0.25, 0.3) is 11.3 Å². The Morgan fingerprint density at radius 3 is 2.70 bits per heavy atom. The molecule has 1 atom stereocenters. The van der Waals surface area contributed by atoms with Crippen molar-refractivity contribution in [3.63, 3.8) is 0 Å². The predicted molar refractivity (Wildman–Crippen MR) is 109 cm³/mol. The van der Waals surface area contributed by atoms with E-state index >= 15 is 0 Å². The van der Waals surface area contributed by atoms with Crippen molar-refractivity contribution in [2.45, 2.75) is 18.9 Å². The van der Waals surface area contributed by atoms with E-state index < -0.39 is 0 Å². The number of likely N-dealkylation sites (tertiary alicyclic amines) is 1. The molecular weight excluding hydrogens is 380 g/mol. The van der Waals surface area contributed by atoms with Gasteiger partial charge in [-0.1, -0.05) is 29.8 Å². The van der Waals surface area contributed by atoms with Crippen LogP contribution in [0.15, 0.2) is 58.3 Å². The van der Waals surface area contributed by atoms with Crippen LogP contribution in [0.4, 0.5) is 0 Å². The summed E-state index contributed by atoms with van der Waals surface area (Å²) in [7, 11) is 0. The Labute approximate surface area is 167 Å². The van der Waals surface area contributed by atoms with Crippen molar-refractivity contribution in [1.29, 1.82) is 0 Å². The summed E-state index contributed by atoms with van der Waals surface area (Å²) in [5, 5.41) is 5.73. The van der Waals surface area contributed by atoms with Crippen LogP contribution in [0.1, 0.15) is 34.3 Å². The monoisotopic (exact) mass is 400 g/mol. The fourth-order valence-corrected chi connectivity index (χ4v) is 4.58. The van der Waals surface area contributed by atoms with Crippen LogP contribution in [0.5, 0.6) is 0 Å². The number of carbonyl (C=O) groups excluding carboxylic acids is 1. The molecule has 1 saturated heterocycles. The number of hydrogen-bond acceptors (Lipinski definition) is 4. The van der Waals surface area contributed by atoms with Crippen LogP contribution in [-0.4, -0.2) is 30.4 Å². The Morgan fingerprint density at radius 2 is 1.96 bits per heavy atom. The molecule has 140 valence electrons. The Balaban J connectivity index is 1.45. The van der Waals surface area contributed by atoms with E-state index in [1.165, 1.54) is 17.7 Å². The van der Waals surface area contributed by atoms with Gasteiger partial charge in [0.2, 0.25) is 0 Å². The van der Waals surface area contributed by atoms with Gasteiger partial charge in [-0.2, -0.15) is 0 Å². The normalized spacial score (nSPS) is 15.7. The van der Waals surface area contributed by atoms with E-state index in [0.717, 1.165) is 18.7 Å². The number of nitrogens with one attached hydrogen (secondary N) is 1. The van der Waals surface area contributed by atoms with E-state index in [-0.39, 0.29) is 11.9 Å². The molecule has 0 aliphatic carbocycles. The first-order chi connectivity index (χ1) is 13.2. The van der Waals surface area contributed by atoms with Crippen molar-refractivity contribution in [2.75, 3.05) is 19.6 Å². The molecule has 0 bridgehead atoms. The number of thiophene rings is 1. The Bertz CT molecular complexity index is 901. The van der Waals surface area contributed by atoms with E-state index in [2.05, 4.69) is 27.7 Å². The molecule has 1 unspecified atom stereocenters. The van der Waals surface area contributed by atoms with E-state index in [4.69, 9.17) is 16.0 Å². The minimum absolute atomic E-state index is 0.200. The van der Waals surface area contributed by atoms with Crippen LogP contribution < -0.4 is 5.32 Å². The summed E-state index contributed by atoms with van der Waals surface area (Å²) in [6.45, 7) is 2.73. The van der Waals surface area contributed by atoms with E-state index in [9.17, 15) is 4.79 Å². The fourth-order valence-electron chi connectivity index (χ4n) is 3.49. The second kappa shape index (κ2) is 8.30. The highest BCUT2D eigenvalue weighted by molar-refractivity contribution is 7.10. The zero-order chi connectivity index (χ0) is 18.6. The summed E-state index contributed by atoms with van der Waals surface area (Å²) in [4.78, 5) is 16.3. The predicted octanol–water partition coefficient (Wildman–Crippen LogP) is 5.23. The van der Waals surface area contributed by atoms with Gasteiger partial charge >= 0.3 is 0 Å². The summed E-state index contributed by atoms with van der Waals surface area (Å²) in [5.74, 6) is 0.699. The first-order valence-corrected chi connectivity index (χ1v) is 10.4. The van der Waals surface area contributed by atoms with Crippen LogP contribution in [0.3, 0.4) is 0 Å². The van der Waals surface area contributed by atoms with Crippen molar-refractivity contribution in [2.24, 2.45) is 0 Å². The Morgan fingerprint density at radius 1 is 1.15 bits per heavy atom. The van der Waals surface area contributed by atoms with Gasteiger partial charge in [0.05, 0.1) is 11.1 Å². The van der Waals surface area contributed by atoms with Gasteiger partial charge in [0.15, 0.2) is 5.76 Å². The number of amides is 1. The molecule has 1 aliphatic rings. The van der Waals surface area contributed by atoms with Gasteiger partial charge in [0, 0.05) is 17.0 Å². The molecule has 2 aromatic heterocycles. The van der Waals surface area contributed by atoms with E-state index in [1.54, 1.807) is 29.5 Å². The summed E-state index contributed by atoms with van der Waals surface area (Å²) in [6, 6.07) is 15.3. The zero-order valence-corrected chi connectivity index (χ0v) is 16.4. The molecular formula is C21H21ClN2O2S. The first-order valence-electron chi connectivity index (χ1n) is 9.13. The van der Waals surface area contributed by atoms with Crippen molar-refractivity contribution in [1.82, 2.24) is 10.2 Å². The van der Waals surface area contributed by atoms with Crippen LogP contribution >= 0.6 is 22.9 Å². The molecule has 3 aromatic rings. The van der Waals surface area contributed by atoms with Crippen molar-refractivity contribution >= 4 is 28.8 Å². The van der Waals surface area contributed by atoms with Crippen LogP contribution in [-0.2, 0) is 0 Å². The molecule has 0 spiro atoms. The van der Waals surface area contributed by atoms with Gasteiger partial charge in [-0.3, -0.25) is 9.69 Å². The minimum atomic E-state index is -0.200. The molecule has 0 saturated carbocycles. The lowest BCUT2D eigenvalue weighted by Gasteiger charge is -2.26. The SMILES string of the molecule is O=C(NCC(c1cccs1)N1CCCC1)c1ccc(-c2ccccc2Cl)o1. The second-order valence-corrected chi connectivity index (χ2v) is 8.01. The average molecular weight is 401 g/mol. The van der Waals surface area contributed by atoms with Gasteiger partial charge in [-0.05, 0) is 61.6 Å². The highest BCUT2D eigenvalue weighted by atomic mass is 35.5. The van der Waals surface area contributed by atoms with E-state index in [0.29, 0.717) is 23.1 Å². The van der Waals surface area contributed by atoms with Gasteiger partial charge in [0.25, 0.3) is 5.91 Å². The molecule has 6 heteroatoms. The lowest BCUT2D eigenvalue weighted by molar-refractivity contribution is 0.0911. The Hall–Kier alpha value is -2.08. The highest BCUT2D eigenvalue weighted by Crippen LogP contribution is 2.30. The quantitative estimate of drug-likeness (QED) is 0.616. The topological polar surface area (TPSA) is 45.5 Å². The molecule has 4 rings (SSSR count). The summed E-state index contributed by atoms with van der Waals surface area (Å²) in [5.41, 5.74) is 0.784. The van der Waals surface area contributed by atoms with Crippen LogP contribution in [0, 0.1) is 0 Å². The molecule has 3 heterocycles. The number of carbonyl (C=O) groups is 1. The number of rotatable bonds is 6. The number of hydrogen-bond donors (Lipinski definition) is 1. The number of furan rings is 1. The van der Waals surface area contributed by atoms with E-state index in [1.807, 2.05) is 18.2 Å². The standard InChI is InChI=1S/C21H21ClN2O2S/c22-16-7-2-1-6-15(16)18-9-10-19(26-18)21(25)23-14-17(20-8-5-13-27-20)24-11-3-4-12-24/h1-2,5-10,13,17H,3-4,11-12,14H2,(H,23,25). The third kappa shape index (κ3) is 4.10. The average Bonchev–Trinajstić information content (AvgIpc) is 3.44. The number of benzene rings is 1. The molecule has 0 radical (unpaired) electrons. The third-order valence-electron chi connectivity index (χ3n) is 4.88. The summed E-state index contributed by atoms with van der Waals surface area (Å²) >= 11 is 7.95. The molecule has 1 fully saturated rings. The highest BCUT2D eigenvalue weighted by Gasteiger charge is 2.25. The molecule has 1 amide bonds. The maximum atomic E-state index is 12.6. The molecule has 27 heavy (non-hydrogen) atoms. The van der Waals surface area contributed by atoms with Crippen molar-refractivity contribution in [3.05, 3.63) is 69.6 Å². The van der Waals surface area contributed by atoms with Gasteiger partial charge in [0.1, 0.15) is 5.76 Å². The summed E-state index contributed by atoms with van der Waals surface area (Å²) < 4.78 is 5.75. The lowest BCUT2D eigenvalue weighted by Crippen LogP contribution is -2.36. The second-order valence-electron chi connectivity index (χ2n) is 6.63. The van der Waals surface area contributed by atoms with Gasteiger partial charge < -0.3 is 9.73 Å². The first kappa shape index (κ1) is 18.3. The molecule has 1 aromatic carbocycles. The Kier molecular flexibility index (Phi) is 5.62. The maximum Gasteiger partial charge on any atom is 0.287 e. The zero-order valence-electron chi connectivity index (χ0n) is 14.9. The molecule has 1 aliphatic heterocycles. The fraction of sp³-hybridized carbons (Fsp3) is 0.286. The molecule has 1 N–H and O–H groups in total. The number of nitrogens with zero attached hydrogens (tertiary/aromatic N) is 1. The van der Waals surface area contributed by atoms with Crippen molar-refractivity contribution < 1.29 is 9.21 Å². The summed E-state index contributed by atoms with van der Waals surface area (Å²) in [6.07, 6.45) is 2.43. The maximum absolute atomic E-state index is 12.6. The lowest BCUT2D eigenvalue weighted by atomic mass is 10.2. The van der Waals surface area contributed by atoms with Crippen molar-refractivity contribution in [3.8, 4) is 11.3 Å². The largest absolute Gasteiger partial charge is 0.451 e. The smallest absolute Gasteiger partial charge is 0.287 e. The number of halogens is 1. The third-order valence-corrected chi connectivity index (χ3v) is 6.18. The van der Waals surface area contributed by atoms with Crippen LogP contribution in [0.2, 0.25) is 5.02 Å². The molecule has 4 nitrogen and oxygen atoms in total. The van der Waals surface area contributed by atoms with Gasteiger partial charge in [-0.15, -0.1) is 11.3 Å². The van der Waals surface area contributed by atoms with Gasteiger partial charge in [-0.25, -0.2) is 0 Å². The minimum Gasteiger partial charge on any atom is -0.451 e.